The molecule has 4 heteroatoms. The fourth-order valence-corrected chi connectivity index (χ4v) is 3.10. The molecule has 0 heterocycles. The molecular weight excluding hydrogens is 354 g/mol. The van der Waals surface area contributed by atoms with Crippen LogP contribution in [0.4, 0.5) is 0 Å². The van der Waals surface area contributed by atoms with Gasteiger partial charge in [0.25, 0.3) is 0 Å². The normalized spacial score (nSPS) is 11.8. The molecule has 0 spiro atoms. The average Bonchev–Trinajstić information content (AvgIpc) is 2.54. The summed E-state index contributed by atoms with van der Waals surface area (Å²) in [6.45, 7) is 4.58. The monoisotopic (exact) mass is 375 g/mol. The fourth-order valence-electron chi connectivity index (χ4n) is 2.47. The minimum absolute atomic E-state index is 0.0276. The maximum Gasteiger partial charge on any atom is 0.220 e. The van der Waals surface area contributed by atoms with Gasteiger partial charge < -0.3 is 10.1 Å². The van der Waals surface area contributed by atoms with Crippen molar-refractivity contribution in [1.82, 2.24) is 5.32 Å². The van der Waals surface area contributed by atoms with Crippen molar-refractivity contribution in [3.05, 3.63) is 64.1 Å². The van der Waals surface area contributed by atoms with E-state index in [-0.39, 0.29) is 11.9 Å². The van der Waals surface area contributed by atoms with Crippen LogP contribution in [0.3, 0.4) is 0 Å². The van der Waals surface area contributed by atoms with Crippen LogP contribution in [0.2, 0.25) is 0 Å². The first-order valence-electron chi connectivity index (χ1n) is 7.86. The van der Waals surface area contributed by atoms with Crippen LogP contribution in [0.5, 0.6) is 5.75 Å². The first-order chi connectivity index (χ1) is 11.1. The summed E-state index contributed by atoms with van der Waals surface area (Å²) in [5, 5.41) is 3.05. The van der Waals surface area contributed by atoms with Crippen molar-refractivity contribution in [2.45, 2.75) is 32.7 Å². The van der Waals surface area contributed by atoms with Gasteiger partial charge in [0, 0.05) is 10.9 Å². The smallest absolute Gasteiger partial charge is 0.220 e. The van der Waals surface area contributed by atoms with E-state index in [9.17, 15) is 4.79 Å². The molecule has 1 atom stereocenters. The van der Waals surface area contributed by atoms with Crippen molar-refractivity contribution in [1.29, 1.82) is 0 Å². The third-order valence-electron chi connectivity index (χ3n) is 3.64. The van der Waals surface area contributed by atoms with Crippen molar-refractivity contribution >= 4 is 21.8 Å². The third kappa shape index (κ3) is 5.10. The van der Waals surface area contributed by atoms with E-state index in [4.69, 9.17) is 4.74 Å². The molecule has 0 saturated heterocycles. The summed E-state index contributed by atoms with van der Waals surface area (Å²) in [5.41, 5.74) is 2.15. The molecule has 1 amide bonds. The molecule has 0 aromatic heterocycles. The van der Waals surface area contributed by atoms with Crippen LogP contribution in [0.25, 0.3) is 0 Å². The quantitative estimate of drug-likeness (QED) is 0.764. The average molecular weight is 376 g/mol. The SMILES string of the molecule is CCOc1ccccc1CCC(=O)NC(C)c1ccccc1Br. The summed E-state index contributed by atoms with van der Waals surface area (Å²) in [4.78, 5) is 12.2. The molecule has 1 N–H and O–H groups in total. The van der Waals surface area contributed by atoms with Gasteiger partial charge in [-0.25, -0.2) is 0 Å². The summed E-state index contributed by atoms with van der Waals surface area (Å²) in [5.74, 6) is 0.904. The van der Waals surface area contributed by atoms with E-state index >= 15 is 0 Å². The lowest BCUT2D eigenvalue weighted by Gasteiger charge is -2.16. The van der Waals surface area contributed by atoms with Crippen molar-refractivity contribution in [3.63, 3.8) is 0 Å². The van der Waals surface area contributed by atoms with Gasteiger partial charge in [0.05, 0.1) is 12.6 Å². The van der Waals surface area contributed by atoms with Gasteiger partial charge in [-0.05, 0) is 43.5 Å². The Hall–Kier alpha value is -1.81. The highest BCUT2D eigenvalue weighted by Crippen LogP contribution is 2.23. The molecule has 0 fully saturated rings. The van der Waals surface area contributed by atoms with Crippen LogP contribution in [0.1, 0.15) is 37.4 Å². The van der Waals surface area contributed by atoms with Gasteiger partial charge in [0.2, 0.25) is 5.91 Å². The van der Waals surface area contributed by atoms with Crippen molar-refractivity contribution in [2.24, 2.45) is 0 Å². The maximum absolute atomic E-state index is 12.2. The minimum atomic E-state index is -0.0276. The van der Waals surface area contributed by atoms with Crippen LogP contribution in [0, 0.1) is 0 Å². The van der Waals surface area contributed by atoms with E-state index in [2.05, 4.69) is 21.2 Å². The molecule has 2 rings (SSSR count). The van der Waals surface area contributed by atoms with E-state index in [1.165, 1.54) is 0 Å². The molecule has 0 radical (unpaired) electrons. The number of carbonyl (C=O) groups excluding carboxylic acids is 1. The van der Waals surface area contributed by atoms with E-state index in [1.807, 2.05) is 62.4 Å². The molecule has 2 aromatic carbocycles. The van der Waals surface area contributed by atoms with E-state index in [1.54, 1.807) is 0 Å². The Morgan fingerprint density at radius 1 is 1.17 bits per heavy atom. The van der Waals surface area contributed by atoms with Crippen LogP contribution >= 0.6 is 15.9 Å². The Morgan fingerprint density at radius 3 is 2.61 bits per heavy atom. The molecule has 0 saturated carbocycles. The lowest BCUT2D eigenvalue weighted by molar-refractivity contribution is -0.121. The van der Waals surface area contributed by atoms with Crippen molar-refractivity contribution < 1.29 is 9.53 Å². The molecule has 3 nitrogen and oxygen atoms in total. The minimum Gasteiger partial charge on any atom is -0.494 e. The first kappa shape index (κ1) is 17.5. The Kier molecular flexibility index (Phi) is 6.66. The molecule has 122 valence electrons. The van der Waals surface area contributed by atoms with Crippen LogP contribution < -0.4 is 10.1 Å². The summed E-state index contributed by atoms with van der Waals surface area (Å²) in [6.07, 6.45) is 1.11. The van der Waals surface area contributed by atoms with E-state index in [0.717, 1.165) is 21.3 Å². The summed E-state index contributed by atoms with van der Waals surface area (Å²) >= 11 is 3.52. The predicted octanol–water partition coefficient (Wildman–Crippen LogP) is 4.66. The van der Waals surface area contributed by atoms with Crippen LogP contribution in [-0.2, 0) is 11.2 Å². The van der Waals surface area contributed by atoms with Crippen molar-refractivity contribution in [3.8, 4) is 5.75 Å². The largest absolute Gasteiger partial charge is 0.494 e. The molecule has 2 aromatic rings. The number of nitrogens with one attached hydrogen (secondary N) is 1. The molecular formula is C19H22BrNO2. The second kappa shape index (κ2) is 8.73. The molecule has 0 aliphatic carbocycles. The second-order valence-electron chi connectivity index (χ2n) is 5.35. The number of amides is 1. The highest BCUT2D eigenvalue weighted by atomic mass is 79.9. The molecule has 23 heavy (non-hydrogen) atoms. The van der Waals surface area contributed by atoms with Gasteiger partial charge in [-0.15, -0.1) is 0 Å². The van der Waals surface area contributed by atoms with Crippen LogP contribution in [0.15, 0.2) is 53.0 Å². The zero-order chi connectivity index (χ0) is 16.7. The Morgan fingerprint density at radius 2 is 1.87 bits per heavy atom. The fraction of sp³-hybridized carbons (Fsp3) is 0.316. The highest BCUT2D eigenvalue weighted by Gasteiger charge is 2.12. The Bertz CT molecular complexity index is 657. The van der Waals surface area contributed by atoms with Gasteiger partial charge in [0.15, 0.2) is 0 Å². The zero-order valence-corrected chi connectivity index (χ0v) is 15.1. The topological polar surface area (TPSA) is 38.3 Å². The number of aryl methyl sites for hydroxylation is 1. The lowest BCUT2D eigenvalue weighted by atomic mass is 10.1. The van der Waals surface area contributed by atoms with Gasteiger partial charge in [0.1, 0.15) is 5.75 Å². The number of halogens is 1. The van der Waals surface area contributed by atoms with Crippen LogP contribution in [-0.4, -0.2) is 12.5 Å². The standard InChI is InChI=1S/C19H22BrNO2/c1-3-23-18-11-7-4-8-15(18)12-13-19(22)21-14(2)16-9-5-6-10-17(16)20/h4-11,14H,3,12-13H2,1-2H3,(H,21,22). The maximum atomic E-state index is 12.2. The number of ether oxygens (including phenoxy) is 1. The molecule has 0 aliphatic heterocycles. The number of carbonyl (C=O) groups is 1. The number of hydrogen-bond acceptors (Lipinski definition) is 2. The Labute approximate surface area is 146 Å². The van der Waals surface area contributed by atoms with Crippen molar-refractivity contribution in [2.75, 3.05) is 6.61 Å². The number of hydrogen-bond donors (Lipinski definition) is 1. The summed E-state index contributed by atoms with van der Waals surface area (Å²) < 4.78 is 6.61. The van der Waals surface area contributed by atoms with E-state index in [0.29, 0.717) is 19.4 Å². The molecule has 1 unspecified atom stereocenters. The predicted molar refractivity (Wildman–Crippen MR) is 96.6 cm³/mol. The lowest BCUT2D eigenvalue weighted by Crippen LogP contribution is -2.27. The number of para-hydroxylation sites is 1. The Balaban J connectivity index is 1.92. The number of rotatable bonds is 7. The third-order valence-corrected chi connectivity index (χ3v) is 4.37. The van der Waals surface area contributed by atoms with E-state index < -0.39 is 0 Å². The molecule has 0 bridgehead atoms. The van der Waals surface area contributed by atoms with Gasteiger partial charge >= 0.3 is 0 Å². The molecule has 0 aliphatic rings. The first-order valence-corrected chi connectivity index (χ1v) is 8.65. The summed E-state index contributed by atoms with van der Waals surface area (Å²) in [6, 6.07) is 15.8. The zero-order valence-electron chi connectivity index (χ0n) is 13.5. The highest BCUT2D eigenvalue weighted by molar-refractivity contribution is 9.10. The van der Waals surface area contributed by atoms with Gasteiger partial charge in [-0.2, -0.15) is 0 Å². The van der Waals surface area contributed by atoms with Gasteiger partial charge in [-0.1, -0.05) is 52.3 Å². The number of benzene rings is 2. The summed E-state index contributed by atoms with van der Waals surface area (Å²) in [7, 11) is 0. The second-order valence-corrected chi connectivity index (χ2v) is 6.21. The van der Waals surface area contributed by atoms with Gasteiger partial charge in [-0.3, -0.25) is 4.79 Å².